The first-order valence-corrected chi connectivity index (χ1v) is 4.94. The highest BCUT2D eigenvalue weighted by Crippen LogP contribution is 2.23. The van der Waals surface area contributed by atoms with Gasteiger partial charge in [-0.3, -0.25) is 4.79 Å². The van der Waals surface area contributed by atoms with E-state index in [1.165, 1.54) is 18.3 Å². The Kier molecular flexibility index (Phi) is 3.59. The Morgan fingerprint density at radius 3 is 2.85 bits per heavy atom. The maximum absolute atomic E-state index is 11.0. The van der Waals surface area contributed by atoms with Crippen LogP contribution in [-0.2, 0) is 0 Å². The first-order valence-electron chi connectivity index (χ1n) is 4.12. The standard InChI is InChI=1S/C9H13NO2S/c1-6(12)8-2-3-9(13-8)7(10)4-5-11/h2-3,7,11H,4-5,10H2,1H3. The number of Topliss-reactive ketones (excluding diaryl/α,β-unsaturated/α-hetero) is 1. The highest BCUT2D eigenvalue weighted by molar-refractivity contribution is 7.14. The summed E-state index contributed by atoms with van der Waals surface area (Å²) in [6, 6.07) is 3.48. The van der Waals surface area contributed by atoms with E-state index in [0.29, 0.717) is 6.42 Å². The minimum Gasteiger partial charge on any atom is -0.396 e. The molecule has 1 unspecified atom stereocenters. The van der Waals surface area contributed by atoms with Gasteiger partial charge in [0.2, 0.25) is 0 Å². The Hall–Kier alpha value is -0.710. The molecular formula is C9H13NO2S. The lowest BCUT2D eigenvalue weighted by Gasteiger charge is -2.05. The number of ketones is 1. The van der Waals surface area contributed by atoms with Crippen LogP contribution in [0, 0.1) is 0 Å². The lowest BCUT2D eigenvalue weighted by molar-refractivity contribution is 0.102. The summed E-state index contributed by atoms with van der Waals surface area (Å²) >= 11 is 1.40. The Labute approximate surface area is 81.2 Å². The second kappa shape index (κ2) is 4.50. The lowest BCUT2D eigenvalue weighted by atomic mass is 10.2. The van der Waals surface area contributed by atoms with Crippen molar-refractivity contribution in [3.05, 3.63) is 21.9 Å². The quantitative estimate of drug-likeness (QED) is 0.719. The van der Waals surface area contributed by atoms with Crippen molar-refractivity contribution in [1.29, 1.82) is 0 Å². The normalized spacial score (nSPS) is 12.8. The van der Waals surface area contributed by atoms with Crippen molar-refractivity contribution in [3.8, 4) is 0 Å². The number of nitrogens with two attached hydrogens (primary N) is 1. The fourth-order valence-corrected chi connectivity index (χ4v) is 1.96. The molecule has 0 saturated carbocycles. The number of hydrogen-bond donors (Lipinski definition) is 2. The highest BCUT2D eigenvalue weighted by Gasteiger charge is 2.10. The van der Waals surface area contributed by atoms with Gasteiger partial charge in [0.15, 0.2) is 5.78 Å². The van der Waals surface area contributed by atoms with Crippen molar-refractivity contribution in [2.45, 2.75) is 19.4 Å². The molecule has 72 valence electrons. The predicted octanol–water partition coefficient (Wildman–Crippen LogP) is 1.33. The largest absolute Gasteiger partial charge is 0.396 e. The van der Waals surface area contributed by atoms with Crippen LogP contribution in [0.15, 0.2) is 12.1 Å². The molecule has 3 nitrogen and oxygen atoms in total. The van der Waals surface area contributed by atoms with Crippen LogP contribution >= 0.6 is 11.3 Å². The van der Waals surface area contributed by atoms with Gasteiger partial charge in [0.05, 0.1) is 4.88 Å². The number of carbonyl (C=O) groups is 1. The van der Waals surface area contributed by atoms with E-state index in [4.69, 9.17) is 10.8 Å². The molecule has 0 spiro atoms. The van der Waals surface area contributed by atoms with Crippen LogP contribution in [0.5, 0.6) is 0 Å². The Morgan fingerprint density at radius 1 is 1.69 bits per heavy atom. The Morgan fingerprint density at radius 2 is 2.38 bits per heavy atom. The molecule has 1 aromatic rings. The van der Waals surface area contributed by atoms with Gasteiger partial charge in [0.1, 0.15) is 0 Å². The zero-order chi connectivity index (χ0) is 9.84. The van der Waals surface area contributed by atoms with Crippen LogP contribution < -0.4 is 5.73 Å². The monoisotopic (exact) mass is 199 g/mol. The van der Waals surface area contributed by atoms with E-state index in [-0.39, 0.29) is 18.4 Å². The number of thiophene rings is 1. The van der Waals surface area contributed by atoms with E-state index in [0.717, 1.165) is 9.75 Å². The van der Waals surface area contributed by atoms with Gasteiger partial charge < -0.3 is 10.8 Å². The van der Waals surface area contributed by atoms with Gasteiger partial charge in [-0.2, -0.15) is 0 Å². The number of aliphatic hydroxyl groups excluding tert-OH is 1. The van der Waals surface area contributed by atoms with Crippen LogP contribution in [0.25, 0.3) is 0 Å². The molecule has 0 bridgehead atoms. The van der Waals surface area contributed by atoms with E-state index in [1.54, 1.807) is 6.07 Å². The molecular weight excluding hydrogens is 186 g/mol. The summed E-state index contributed by atoms with van der Waals surface area (Å²) in [7, 11) is 0. The smallest absolute Gasteiger partial charge is 0.169 e. The van der Waals surface area contributed by atoms with E-state index in [9.17, 15) is 4.79 Å². The third-order valence-electron chi connectivity index (χ3n) is 1.78. The fraction of sp³-hybridized carbons (Fsp3) is 0.444. The molecule has 3 N–H and O–H groups in total. The molecule has 1 atom stereocenters. The zero-order valence-corrected chi connectivity index (χ0v) is 8.30. The van der Waals surface area contributed by atoms with Crippen LogP contribution in [0.2, 0.25) is 0 Å². The second-order valence-electron chi connectivity index (χ2n) is 2.88. The molecule has 0 saturated heterocycles. The first-order chi connectivity index (χ1) is 6.15. The molecule has 0 aromatic carbocycles. The maximum atomic E-state index is 11.0. The first kappa shape index (κ1) is 10.4. The summed E-state index contributed by atoms with van der Waals surface area (Å²) in [5.74, 6) is 0.0625. The number of aliphatic hydroxyl groups is 1. The topological polar surface area (TPSA) is 63.3 Å². The summed E-state index contributed by atoms with van der Waals surface area (Å²) in [4.78, 5) is 12.6. The Balaban J connectivity index is 2.73. The minimum absolute atomic E-state index is 0.0625. The number of hydrogen-bond acceptors (Lipinski definition) is 4. The lowest BCUT2D eigenvalue weighted by Crippen LogP contribution is -2.09. The van der Waals surface area contributed by atoms with Crippen molar-refractivity contribution in [2.75, 3.05) is 6.61 Å². The molecule has 0 radical (unpaired) electrons. The fourth-order valence-electron chi connectivity index (χ4n) is 1.02. The van der Waals surface area contributed by atoms with E-state index in [2.05, 4.69) is 0 Å². The SMILES string of the molecule is CC(=O)c1ccc(C(N)CCO)s1. The highest BCUT2D eigenvalue weighted by atomic mass is 32.1. The third-order valence-corrected chi connectivity index (χ3v) is 3.10. The van der Waals surface area contributed by atoms with Crippen LogP contribution in [0.1, 0.15) is 33.9 Å². The average molecular weight is 199 g/mol. The predicted molar refractivity (Wildman–Crippen MR) is 53.0 cm³/mol. The van der Waals surface area contributed by atoms with Gasteiger partial charge in [0.25, 0.3) is 0 Å². The van der Waals surface area contributed by atoms with E-state index >= 15 is 0 Å². The molecule has 1 heterocycles. The third kappa shape index (κ3) is 2.62. The number of carbonyl (C=O) groups excluding carboxylic acids is 1. The van der Waals surface area contributed by atoms with Gasteiger partial charge >= 0.3 is 0 Å². The van der Waals surface area contributed by atoms with E-state index in [1.807, 2.05) is 6.07 Å². The summed E-state index contributed by atoms with van der Waals surface area (Å²) in [6.07, 6.45) is 0.540. The molecule has 0 fully saturated rings. The van der Waals surface area contributed by atoms with Crippen LogP contribution in [0.3, 0.4) is 0 Å². The van der Waals surface area contributed by atoms with Crippen molar-refractivity contribution in [1.82, 2.24) is 0 Å². The summed E-state index contributed by atoms with van der Waals surface area (Å²) in [5.41, 5.74) is 5.76. The van der Waals surface area contributed by atoms with Crippen LogP contribution in [0.4, 0.5) is 0 Å². The van der Waals surface area contributed by atoms with Crippen molar-refractivity contribution < 1.29 is 9.90 Å². The second-order valence-corrected chi connectivity index (χ2v) is 3.99. The van der Waals surface area contributed by atoms with Crippen molar-refractivity contribution >= 4 is 17.1 Å². The molecule has 0 aliphatic rings. The van der Waals surface area contributed by atoms with Gasteiger partial charge in [-0.1, -0.05) is 0 Å². The van der Waals surface area contributed by atoms with Gasteiger partial charge in [0, 0.05) is 17.5 Å². The molecule has 0 amide bonds. The summed E-state index contributed by atoms with van der Waals surface area (Å²) in [5, 5.41) is 8.67. The molecule has 1 aromatic heterocycles. The van der Waals surface area contributed by atoms with Gasteiger partial charge in [-0.15, -0.1) is 11.3 Å². The molecule has 0 aliphatic carbocycles. The van der Waals surface area contributed by atoms with Gasteiger partial charge in [-0.25, -0.2) is 0 Å². The van der Waals surface area contributed by atoms with Gasteiger partial charge in [-0.05, 0) is 25.5 Å². The molecule has 13 heavy (non-hydrogen) atoms. The minimum atomic E-state index is -0.150. The molecule has 1 rings (SSSR count). The van der Waals surface area contributed by atoms with Crippen molar-refractivity contribution in [2.24, 2.45) is 5.73 Å². The van der Waals surface area contributed by atoms with Crippen LogP contribution in [-0.4, -0.2) is 17.5 Å². The maximum Gasteiger partial charge on any atom is 0.169 e. The number of rotatable bonds is 4. The average Bonchev–Trinajstić information content (AvgIpc) is 2.52. The van der Waals surface area contributed by atoms with E-state index < -0.39 is 0 Å². The molecule has 4 heteroatoms. The summed E-state index contributed by atoms with van der Waals surface area (Å²) in [6.45, 7) is 1.61. The molecule has 0 aliphatic heterocycles. The Bertz CT molecular complexity index is 296. The van der Waals surface area contributed by atoms with Crippen molar-refractivity contribution in [3.63, 3.8) is 0 Å². The zero-order valence-electron chi connectivity index (χ0n) is 7.49. The summed E-state index contributed by atoms with van der Waals surface area (Å²) < 4.78 is 0.